The molecular weight excluding hydrogens is 230 g/mol. The van der Waals surface area contributed by atoms with E-state index in [9.17, 15) is 0 Å². The molecule has 0 bridgehead atoms. The number of aromatic nitrogens is 1. The quantitative estimate of drug-likeness (QED) is 0.893. The van der Waals surface area contributed by atoms with Gasteiger partial charge in [-0.05, 0) is 59.3 Å². The molecule has 0 spiro atoms. The molecule has 1 aromatic rings. The monoisotopic (exact) mass is 253 g/mol. The first-order valence-corrected chi connectivity index (χ1v) is 7.39. The van der Waals surface area contributed by atoms with Gasteiger partial charge in [0.15, 0.2) is 0 Å². The van der Waals surface area contributed by atoms with E-state index in [1.807, 2.05) is 7.05 Å². The van der Waals surface area contributed by atoms with Crippen LogP contribution in [0.5, 0.6) is 0 Å². The lowest BCUT2D eigenvalue weighted by atomic mass is 9.95. The number of rotatable bonds is 4. The van der Waals surface area contributed by atoms with Crippen LogP contribution in [0.2, 0.25) is 0 Å². The molecule has 1 unspecified atom stereocenters. The lowest BCUT2D eigenvalue weighted by Gasteiger charge is -2.35. The number of hydrogen-bond donors (Lipinski definition) is 1. The van der Waals surface area contributed by atoms with E-state index >= 15 is 0 Å². The number of nitrogens with zero attached hydrogens (tertiary/aromatic N) is 2. The normalized spacial score (nSPS) is 20.6. The molecular formula is C13H23N3S. The number of nitrogens with one attached hydrogen (secondary N) is 1. The van der Waals surface area contributed by atoms with Gasteiger partial charge in [-0.2, -0.15) is 0 Å². The van der Waals surface area contributed by atoms with Crippen molar-refractivity contribution >= 4 is 11.3 Å². The minimum absolute atomic E-state index is 0.482. The van der Waals surface area contributed by atoms with Crippen LogP contribution in [0.25, 0.3) is 0 Å². The van der Waals surface area contributed by atoms with E-state index in [1.54, 1.807) is 11.3 Å². The molecule has 96 valence electrons. The molecule has 1 aromatic heterocycles. The van der Waals surface area contributed by atoms with E-state index in [1.165, 1.54) is 36.6 Å². The van der Waals surface area contributed by atoms with Crippen molar-refractivity contribution in [3.8, 4) is 0 Å². The standard InChI is InChI=1S/C13H23N3S/c1-10(13-9-17-11(2)15-13)16-6-4-12(5-7-16)8-14-3/h9-10,12,14H,4-8H2,1-3H3. The van der Waals surface area contributed by atoms with E-state index in [-0.39, 0.29) is 0 Å². The number of thiazole rings is 1. The molecule has 3 nitrogen and oxygen atoms in total. The molecule has 0 aliphatic carbocycles. The molecule has 0 aromatic carbocycles. The zero-order chi connectivity index (χ0) is 12.3. The molecule has 0 amide bonds. The topological polar surface area (TPSA) is 28.2 Å². The molecule has 1 fully saturated rings. The highest BCUT2D eigenvalue weighted by atomic mass is 32.1. The van der Waals surface area contributed by atoms with Crippen molar-refractivity contribution in [1.82, 2.24) is 15.2 Å². The molecule has 17 heavy (non-hydrogen) atoms. The van der Waals surface area contributed by atoms with E-state index in [0.29, 0.717) is 6.04 Å². The maximum absolute atomic E-state index is 4.61. The van der Waals surface area contributed by atoms with Crippen molar-refractivity contribution < 1.29 is 0 Å². The summed E-state index contributed by atoms with van der Waals surface area (Å²) < 4.78 is 0. The van der Waals surface area contributed by atoms with E-state index < -0.39 is 0 Å². The van der Waals surface area contributed by atoms with Gasteiger partial charge < -0.3 is 5.32 Å². The van der Waals surface area contributed by atoms with Crippen LogP contribution in [0.1, 0.15) is 36.5 Å². The Bertz CT molecular complexity index is 342. The Hall–Kier alpha value is -0.450. The Morgan fingerprint density at radius 3 is 2.76 bits per heavy atom. The van der Waals surface area contributed by atoms with Crippen LogP contribution in [0.3, 0.4) is 0 Å². The highest BCUT2D eigenvalue weighted by molar-refractivity contribution is 7.09. The van der Waals surface area contributed by atoms with Crippen LogP contribution in [0, 0.1) is 12.8 Å². The van der Waals surface area contributed by atoms with Crippen molar-refractivity contribution in [3.63, 3.8) is 0 Å². The van der Waals surface area contributed by atoms with Crippen LogP contribution < -0.4 is 5.32 Å². The Kier molecular flexibility index (Phi) is 4.54. The molecule has 1 atom stereocenters. The lowest BCUT2D eigenvalue weighted by Crippen LogP contribution is -2.38. The van der Waals surface area contributed by atoms with Crippen molar-refractivity contribution in [1.29, 1.82) is 0 Å². The average molecular weight is 253 g/mol. The van der Waals surface area contributed by atoms with Gasteiger partial charge in [0.05, 0.1) is 16.7 Å². The first-order chi connectivity index (χ1) is 8.20. The summed E-state index contributed by atoms with van der Waals surface area (Å²) in [7, 11) is 2.05. The van der Waals surface area contributed by atoms with Gasteiger partial charge in [0.1, 0.15) is 0 Å². The number of likely N-dealkylation sites (tertiary alicyclic amines) is 1. The second-order valence-electron chi connectivity index (χ2n) is 5.00. The van der Waals surface area contributed by atoms with Crippen molar-refractivity contribution in [2.24, 2.45) is 5.92 Å². The third-order valence-electron chi connectivity index (χ3n) is 3.75. The van der Waals surface area contributed by atoms with Gasteiger partial charge >= 0.3 is 0 Å². The van der Waals surface area contributed by atoms with Gasteiger partial charge in [0.2, 0.25) is 0 Å². The highest BCUT2D eigenvalue weighted by Crippen LogP contribution is 2.26. The van der Waals surface area contributed by atoms with Crippen LogP contribution in [0.15, 0.2) is 5.38 Å². The Morgan fingerprint density at radius 2 is 2.24 bits per heavy atom. The van der Waals surface area contributed by atoms with Gasteiger partial charge in [0.25, 0.3) is 0 Å². The lowest BCUT2D eigenvalue weighted by molar-refractivity contribution is 0.139. The van der Waals surface area contributed by atoms with E-state index in [2.05, 4.69) is 34.4 Å². The second-order valence-corrected chi connectivity index (χ2v) is 6.07. The molecule has 0 saturated carbocycles. The van der Waals surface area contributed by atoms with Gasteiger partial charge in [0, 0.05) is 5.38 Å². The fourth-order valence-electron chi connectivity index (χ4n) is 2.59. The van der Waals surface area contributed by atoms with Crippen LogP contribution in [-0.4, -0.2) is 36.6 Å². The summed E-state index contributed by atoms with van der Waals surface area (Å²) in [5.74, 6) is 0.862. The highest BCUT2D eigenvalue weighted by Gasteiger charge is 2.24. The van der Waals surface area contributed by atoms with Gasteiger partial charge in [-0.1, -0.05) is 0 Å². The van der Waals surface area contributed by atoms with Gasteiger partial charge in [-0.25, -0.2) is 4.98 Å². The molecule has 1 N–H and O–H groups in total. The van der Waals surface area contributed by atoms with Gasteiger partial charge in [-0.15, -0.1) is 11.3 Å². The number of hydrogen-bond acceptors (Lipinski definition) is 4. The SMILES string of the molecule is CNCC1CCN(C(C)c2csc(C)n2)CC1. The molecule has 1 aliphatic heterocycles. The summed E-state index contributed by atoms with van der Waals surface area (Å²) in [5, 5.41) is 6.67. The fraction of sp³-hybridized carbons (Fsp3) is 0.769. The molecule has 2 rings (SSSR count). The zero-order valence-electron chi connectivity index (χ0n) is 11.1. The van der Waals surface area contributed by atoms with Gasteiger partial charge in [-0.3, -0.25) is 4.90 Å². The Balaban J connectivity index is 1.88. The summed E-state index contributed by atoms with van der Waals surface area (Å²) in [4.78, 5) is 7.18. The average Bonchev–Trinajstić information content (AvgIpc) is 2.76. The van der Waals surface area contributed by atoms with Crippen molar-refractivity contribution in [2.45, 2.75) is 32.7 Å². The van der Waals surface area contributed by atoms with Crippen LogP contribution in [0.4, 0.5) is 0 Å². The van der Waals surface area contributed by atoms with E-state index in [0.717, 1.165) is 12.5 Å². The predicted molar refractivity (Wildman–Crippen MR) is 73.5 cm³/mol. The largest absolute Gasteiger partial charge is 0.319 e. The fourth-order valence-corrected chi connectivity index (χ4v) is 3.29. The van der Waals surface area contributed by atoms with Crippen molar-refractivity contribution in [2.75, 3.05) is 26.7 Å². The first kappa shape index (κ1) is 13.0. The van der Waals surface area contributed by atoms with Crippen LogP contribution in [-0.2, 0) is 0 Å². The predicted octanol–water partition coefficient (Wildman–Crippen LogP) is 2.44. The Labute approximate surface area is 108 Å². The molecule has 4 heteroatoms. The first-order valence-electron chi connectivity index (χ1n) is 6.51. The third kappa shape index (κ3) is 3.27. The minimum atomic E-state index is 0.482. The summed E-state index contributed by atoms with van der Waals surface area (Å²) >= 11 is 1.76. The van der Waals surface area contributed by atoms with Crippen LogP contribution >= 0.6 is 11.3 Å². The number of piperidine rings is 1. The smallest absolute Gasteiger partial charge is 0.0898 e. The second kappa shape index (κ2) is 5.94. The summed E-state index contributed by atoms with van der Waals surface area (Å²) in [6, 6.07) is 0.482. The zero-order valence-corrected chi connectivity index (χ0v) is 11.9. The summed E-state index contributed by atoms with van der Waals surface area (Å²) in [6.07, 6.45) is 2.63. The third-order valence-corrected chi connectivity index (χ3v) is 4.55. The maximum Gasteiger partial charge on any atom is 0.0898 e. The molecule has 0 radical (unpaired) electrons. The Morgan fingerprint density at radius 1 is 1.53 bits per heavy atom. The molecule has 1 saturated heterocycles. The molecule has 1 aliphatic rings. The maximum atomic E-state index is 4.61. The van der Waals surface area contributed by atoms with Crippen molar-refractivity contribution in [3.05, 3.63) is 16.1 Å². The number of aryl methyl sites for hydroxylation is 1. The summed E-state index contributed by atoms with van der Waals surface area (Å²) in [6.45, 7) is 7.96. The van der Waals surface area contributed by atoms with E-state index in [4.69, 9.17) is 0 Å². The molecule has 2 heterocycles. The minimum Gasteiger partial charge on any atom is -0.319 e. The summed E-state index contributed by atoms with van der Waals surface area (Å²) in [5.41, 5.74) is 1.25.